The number of esters is 2. The maximum Gasteiger partial charge on any atom is 0.312 e. The molecule has 0 aliphatic heterocycles. The molecule has 22 unspecified atom stereocenters. The molecule has 12 rings (SSSR count). The highest BCUT2D eigenvalue weighted by Gasteiger charge is 2.63. The van der Waals surface area contributed by atoms with Crippen LogP contribution in [0.5, 0.6) is 0 Å². The van der Waals surface area contributed by atoms with Gasteiger partial charge in [0.2, 0.25) is 0 Å². The monoisotopic (exact) mass is 1320 g/mol. The summed E-state index contributed by atoms with van der Waals surface area (Å²) in [6.07, 6.45) is 44.4. The number of allylic oxidation sites excluding steroid dienone is 14. The number of fused-ring (bicyclic) bond motifs is 12. The Morgan fingerprint density at radius 3 is 1.17 bits per heavy atom. The van der Waals surface area contributed by atoms with Crippen LogP contribution in [0.4, 0.5) is 0 Å². The zero-order chi connectivity index (χ0) is 69.4. The zero-order valence-corrected chi connectivity index (χ0v) is 62.6. The summed E-state index contributed by atoms with van der Waals surface area (Å²) in [7, 11) is 0. The topological polar surface area (TPSA) is 152 Å². The number of carbonyl (C=O) groups excluding carboxylic acids is 2. The van der Waals surface area contributed by atoms with E-state index in [1.165, 1.54) is 30.4 Å². The van der Waals surface area contributed by atoms with Crippen molar-refractivity contribution in [2.24, 2.45) is 113 Å². The highest BCUT2D eigenvalue weighted by atomic mass is 17.1. The Bertz CT molecular complexity index is 3090. The van der Waals surface area contributed by atoms with E-state index in [1.54, 1.807) is 22.3 Å². The molecule has 10 nitrogen and oxygen atoms in total. The van der Waals surface area contributed by atoms with Crippen molar-refractivity contribution in [2.45, 2.75) is 301 Å². The van der Waals surface area contributed by atoms with Crippen LogP contribution in [-0.2, 0) is 28.8 Å². The third kappa shape index (κ3) is 13.0. The van der Waals surface area contributed by atoms with Gasteiger partial charge in [0.1, 0.15) is 25.4 Å². The number of aliphatic hydroxyl groups is 2. The molecule has 0 spiro atoms. The van der Waals surface area contributed by atoms with Gasteiger partial charge in [-0.3, -0.25) is 20.1 Å². The minimum Gasteiger partial charge on any atom is -0.463 e. The molecule has 0 aromatic heterocycles. The Kier molecular flexibility index (Phi) is 21.4. The predicted octanol–water partition coefficient (Wildman–Crippen LogP) is 20.8. The van der Waals surface area contributed by atoms with Crippen LogP contribution in [0, 0.1) is 113 Å². The first-order chi connectivity index (χ1) is 45.3. The summed E-state index contributed by atoms with van der Waals surface area (Å²) in [6.45, 7) is 40.5. The van der Waals surface area contributed by atoms with E-state index in [2.05, 4.69) is 159 Å². The first kappa shape index (κ1) is 73.8. The van der Waals surface area contributed by atoms with Crippen LogP contribution in [0.1, 0.15) is 277 Å². The van der Waals surface area contributed by atoms with Crippen LogP contribution in [-0.4, -0.2) is 70.3 Å². The van der Waals surface area contributed by atoms with Gasteiger partial charge in [0, 0.05) is 34.5 Å². The maximum atomic E-state index is 14.0. The van der Waals surface area contributed by atoms with E-state index in [0.717, 1.165) is 148 Å². The molecule has 0 bridgehead atoms. The van der Waals surface area contributed by atoms with Crippen molar-refractivity contribution in [3.63, 3.8) is 0 Å². The molecule has 8 fully saturated rings. The number of aliphatic hydroxyl groups excluding tert-OH is 2. The van der Waals surface area contributed by atoms with Crippen molar-refractivity contribution in [2.75, 3.05) is 13.2 Å². The minimum atomic E-state index is -0.896. The van der Waals surface area contributed by atoms with E-state index >= 15 is 0 Å². The van der Waals surface area contributed by atoms with Crippen LogP contribution in [0.15, 0.2) is 95.2 Å². The summed E-state index contributed by atoms with van der Waals surface area (Å²) in [5, 5.41) is 43.5. The van der Waals surface area contributed by atoms with Gasteiger partial charge in [0.15, 0.2) is 0 Å². The number of carbonyl (C=O) groups is 2. The molecular weight excluding hydrogens is 1190 g/mol. The lowest BCUT2D eigenvalue weighted by atomic mass is 9.44. The highest BCUT2D eigenvalue weighted by Crippen LogP contribution is 2.69. The molecule has 12 aliphatic carbocycles. The summed E-state index contributed by atoms with van der Waals surface area (Å²) >= 11 is 0. The van der Waals surface area contributed by atoms with Crippen LogP contribution in [0.3, 0.4) is 0 Å². The van der Waals surface area contributed by atoms with E-state index in [1.807, 2.05) is 0 Å². The lowest BCUT2D eigenvalue weighted by molar-refractivity contribution is -0.323. The average Bonchev–Trinajstić information content (AvgIpc) is 0.743. The zero-order valence-electron chi connectivity index (χ0n) is 62.6. The van der Waals surface area contributed by atoms with Gasteiger partial charge in [-0.1, -0.05) is 180 Å². The molecule has 10 heteroatoms. The van der Waals surface area contributed by atoms with Crippen molar-refractivity contribution in [3.8, 4) is 0 Å². The Balaban J connectivity index is 0.000000195. The quantitative estimate of drug-likeness (QED) is 0.0452. The number of hydrogen-bond donors (Lipinski definition) is 4. The van der Waals surface area contributed by atoms with Gasteiger partial charge in [-0.2, -0.15) is 0 Å². The van der Waals surface area contributed by atoms with Gasteiger partial charge in [-0.15, -0.1) is 13.2 Å². The van der Waals surface area contributed by atoms with Gasteiger partial charge in [-0.25, -0.2) is 9.78 Å². The van der Waals surface area contributed by atoms with Crippen molar-refractivity contribution in [1.82, 2.24) is 0 Å². The van der Waals surface area contributed by atoms with E-state index in [0.29, 0.717) is 47.3 Å². The second-order valence-electron chi connectivity index (χ2n) is 37.6. The van der Waals surface area contributed by atoms with Crippen LogP contribution < -0.4 is 0 Å². The molecule has 4 N–H and O–H groups in total. The fourth-order valence-electron chi connectivity index (χ4n) is 25.7. The lowest BCUT2D eigenvalue weighted by Crippen LogP contribution is -2.56. The maximum absolute atomic E-state index is 14.0. The number of ether oxygens (including phenoxy) is 2. The lowest BCUT2D eigenvalue weighted by Gasteiger charge is -2.61. The van der Waals surface area contributed by atoms with Gasteiger partial charge in [0.25, 0.3) is 0 Å². The third-order valence-electron chi connectivity index (χ3n) is 31.4. The van der Waals surface area contributed by atoms with Crippen molar-refractivity contribution < 1.29 is 49.6 Å². The van der Waals surface area contributed by atoms with E-state index in [4.69, 9.17) is 19.2 Å². The molecule has 0 amide bonds. The molecule has 536 valence electrons. The molecule has 0 radical (unpaired) electrons. The fraction of sp³-hybridized carbons (Fsp3) is 0.791. The summed E-state index contributed by atoms with van der Waals surface area (Å²) in [4.78, 5) is 38.7. The summed E-state index contributed by atoms with van der Waals surface area (Å²) < 4.78 is 12.1. The second-order valence-corrected chi connectivity index (χ2v) is 37.6. The van der Waals surface area contributed by atoms with Crippen LogP contribution in [0.25, 0.3) is 0 Å². The first-order valence-corrected chi connectivity index (χ1v) is 39.1. The molecule has 22 atom stereocenters. The summed E-state index contributed by atoms with van der Waals surface area (Å²) in [5.41, 5.74) is 8.20. The number of hydrogen-bond acceptors (Lipinski definition) is 10. The van der Waals surface area contributed by atoms with Crippen LogP contribution >= 0.6 is 0 Å². The van der Waals surface area contributed by atoms with Gasteiger partial charge >= 0.3 is 11.9 Å². The molecule has 0 aromatic rings. The molecule has 12 aliphatic rings. The predicted molar refractivity (Wildman–Crippen MR) is 386 cm³/mol. The second kappa shape index (κ2) is 27.8. The first-order valence-electron chi connectivity index (χ1n) is 39.1. The van der Waals surface area contributed by atoms with E-state index in [9.17, 15) is 30.3 Å². The normalized spacial score (nSPS) is 43.7. The summed E-state index contributed by atoms with van der Waals surface area (Å²) in [6, 6.07) is 0. The third-order valence-corrected chi connectivity index (χ3v) is 31.4. The van der Waals surface area contributed by atoms with E-state index < -0.39 is 35.2 Å². The SMILES string of the molecule is C=CC1(C)C=C2CCC3C(C)(C(=O)OCC(O)CC(OO)C4(C)CCCC5(C)C6CCC(C)(C=C)C=C6CCC45)CCCC3(C)C2CC1.CC(C)C1=CCC2C(=C1)CCC1C(C)(C(=O)OCC(O)CC(OO)C3(C)CCCC4(C)C5CC=C(C(C)C)C=C5CCC34)CCCC21C. The largest absolute Gasteiger partial charge is 0.463 e. The fourth-order valence-corrected chi connectivity index (χ4v) is 25.7. The average molecular weight is 1330 g/mol. The minimum absolute atomic E-state index is 0.0525. The smallest absolute Gasteiger partial charge is 0.312 e. The summed E-state index contributed by atoms with van der Waals surface area (Å²) in [5.74, 6) is 4.15. The Morgan fingerprint density at radius 2 is 0.802 bits per heavy atom. The van der Waals surface area contributed by atoms with Crippen molar-refractivity contribution >= 4 is 11.9 Å². The van der Waals surface area contributed by atoms with Crippen molar-refractivity contribution in [1.29, 1.82) is 0 Å². The van der Waals surface area contributed by atoms with Gasteiger partial charge < -0.3 is 19.7 Å². The molecule has 0 saturated heterocycles. The Hall–Kier alpha value is -3.38. The molecule has 8 saturated carbocycles. The molecule has 0 aromatic carbocycles. The Morgan fingerprint density at radius 1 is 0.469 bits per heavy atom. The van der Waals surface area contributed by atoms with Gasteiger partial charge in [-0.05, 0) is 247 Å². The molecular formula is C86H132O10. The van der Waals surface area contributed by atoms with Crippen LogP contribution in [0.2, 0.25) is 0 Å². The molecule has 96 heavy (non-hydrogen) atoms. The van der Waals surface area contributed by atoms with Crippen molar-refractivity contribution in [3.05, 3.63) is 95.2 Å². The standard InChI is InChI=1S/2C43H66O5/c1-27(2)29-11-15-34-31(23-29)13-17-36-40(34,5)19-9-21-42(36,7)38(48-46)25-33(44)26-47-39(45)43(8)22-10-20-41(6)35-16-12-30(28(3)4)24-32(35)14-18-37(41)43;1-9-38(3)23-17-32-29(26-38)13-15-34-40(32,5)19-11-21-42(34,7)36(48-46)25-31(44)28-47-37(45)43(8)22-12-20-41(6)33-18-24-39(4,10-2)27-30(33)14-16-35(41)43/h11-12,23-24,27-28,33-38,44,46H,9-10,13-22,25-26H2,1-8H3;9-10,26-27,31-36,44,46H,1-2,11-25,28H2,3-8H3. The van der Waals surface area contributed by atoms with Gasteiger partial charge in [0.05, 0.1) is 23.0 Å². The van der Waals surface area contributed by atoms with E-state index in [-0.39, 0.29) is 93.1 Å². The Labute approximate surface area is 581 Å². The highest BCUT2D eigenvalue weighted by molar-refractivity contribution is 5.78. The number of rotatable bonds is 18. The molecule has 0 heterocycles.